The maximum atomic E-state index is 11.9. The number of thiazole rings is 1. The van der Waals surface area contributed by atoms with Crippen molar-refractivity contribution in [2.75, 3.05) is 25.0 Å². The maximum Gasteiger partial charge on any atom is 0.246 e. The highest BCUT2D eigenvalue weighted by Gasteiger charge is 2.04. The van der Waals surface area contributed by atoms with Crippen LogP contribution in [0, 0.1) is 6.92 Å². The molecule has 24 heavy (non-hydrogen) atoms. The molecule has 128 valence electrons. The number of aryl methyl sites for hydroxylation is 1. The van der Waals surface area contributed by atoms with Gasteiger partial charge in [-0.25, -0.2) is 9.98 Å². The molecule has 0 saturated carbocycles. The van der Waals surface area contributed by atoms with Crippen LogP contribution in [-0.2, 0) is 11.2 Å². The summed E-state index contributed by atoms with van der Waals surface area (Å²) in [5.74, 6) is 0.433. The van der Waals surface area contributed by atoms with Gasteiger partial charge in [-0.05, 0) is 26.0 Å². The molecular formula is C16H22N6OS. The minimum Gasteiger partial charge on any atom is -0.357 e. The molecule has 1 amide bonds. The average Bonchev–Trinajstić information content (AvgIpc) is 2.99. The highest BCUT2D eigenvalue weighted by molar-refractivity contribution is 7.11. The van der Waals surface area contributed by atoms with Gasteiger partial charge in [0.25, 0.3) is 0 Å². The number of amides is 1. The van der Waals surface area contributed by atoms with Crippen LogP contribution in [0.15, 0.2) is 35.7 Å². The summed E-state index contributed by atoms with van der Waals surface area (Å²) in [6.45, 7) is 5.51. The summed E-state index contributed by atoms with van der Waals surface area (Å²) >= 11 is 1.69. The molecule has 0 atom stereocenters. The van der Waals surface area contributed by atoms with E-state index in [1.165, 1.54) is 4.88 Å². The largest absolute Gasteiger partial charge is 0.357 e. The Kier molecular flexibility index (Phi) is 7.16. The predicted octanol–water partition coefficient (Wildman–Crippen LogP) is 1.58. The molecule has 8 heteroatoms. The number of aromatic nitrogens is 2. The Morgan fingerprint density at radius 1 is 1.33 bits per heavy atom. The van der Waals surface area contributed by atoms with Crippen molar-refractivity contribution in [3.63, 3.8) is 0 Å². The highest BCUT2D eigenvalue weighted by Crippen LogP contribution is 2.10. The summed E-state index contributed by atoms with van der Waals surface area (Å²) in [6.07, 6.45) is 5.96. The molecule has 0 saturated heterocycles. The topological polar surface area (TPSA) is 91.3 Å². The molecule has 2 heterocycles. The van der Waals surface area contributed by atoms with E-state index in [1.807, 2.05) is 20.0 Å². The number of pyridine rings is 1. The van der Waals surface area contributed by atoms with Gasteiger partial charge in [-0.3, -0.25) is 9.78 Å². The first kappa shape index (κ1) is 17.9. The van der Waals surface area contributed by atoms with E-state index in [0.717, 1.165) is 18.0 Å². The number of nitrogens with zero attached hydrogens (tertiary/aromatic N) is 3. The van der Waals surface area contributed by atoms with Crippen molar-refractivity contribution < 1.29 is 4.79 Å². The monoisotopic (exact) mass is 346 g/mol. The predicted molar refractivity (Wildman–Crippen MR) is 97.4 cm³/mol. The Morgan fingerprint density at radius 3 is 2.88 bits per heavy atom. The van der Waals surface area contributed by atoms with E-state index in [9.17, 15) is 4.79 Å². The molecule has 0 aromatic carbocycles. The van der Waals surface area contributed by atoms with Gasteiger partial charge in [0.05, 0.1) is 16.9 Å². The zero-order valence-electron chi connectivity index (χ0n) is 13.9. The van der Waals surface area contributed by atoms with E-state index in [-0.39, 0.29) is 12.5 Å². The van der Waals surface area contributed by atoms with E-state index >= 15 is 0 Å². The summed E-state index contributed by atoms with van der Waals surface area (Å²) in [5, 5.41) is 10.2. The Labute approximate surface area is 145 Å². The van der Waals surface area contributed by atoms with Crippen molar-refractivity contribution >= 4 is 28.9 Å². The van der Waals surface area contributed by atoms with E-state index in [2.05, 4.69) is 30.9 Å². The molecule has 0 bridgehead atoms. The van der Waals surface area contributed by atoms with Gasteiger partial charge in [-0.2, -0.15) is 0 Å². The van der Waals surface area contributed by atoms with Crippen LogP contribution in [-0.4, -0.2) is 41.5 Å². The second-order valence-corrected chi connectivity index (χ2v) is 6.35. The molecule has 0 radical (unpaired) electrons. The number of nitrogens with one attached hydrogen (secondary N) is 3. The van der Waals surface area contributed by atoms with E-state index < -0.39 is 0 Å². The molecule has 0 aliphatic carbocycles. The fourth-order valence-corrected chi connectivity index (χ4v) is 2.72. The lowest BCUT2D eigenvalue weighted by Gasteiger charge is -2.10. The number of hydrogen-bond donors (Lipinski definition) is 3. The van der Waals surface area contributed by atoms with Crippen molar-refractivity contribution in [3.05, 3.63) is 40.6 Å². The van der Waals surface area contributed by atoms with Crippen LogP contribution in [0.25, 0.3) is 0 Å². The van der Waals surface area contributed by atoms with Crippen LogP contribution in [0.4, 0.5) is 5.69 Å². The standard InChI is InChI=1S/C16H22N6OS/c1-3-18-16(19-8-6-15-20-9-12(2)24-15)21-11-14(23)22-13-5-4-7-17-10-13/h4-5,7,9-10H,3,6,8,11H2,1-2H3,(H,22,23)(H2,18,19,21). The second-order valence-electron chi connectivity index (χ2n) is 5.03. The van der Waals surface area contributed by atoms with E-state index in [0.29, 0.717) is 18.2 Å². The Hall–Kier alpha value is -2.48. The molecule has 0 aliphatic rings. The van der Waals surface area contributed by atoms with Crippen molar-refractivity contribution in [1.29, 1.82) is 0 Å². The van der Waals surface area contributed by atoms with Gasteiger partial charge in [0.2, 0.25) is 5.91 Å². The summed E-state index contributed by atoms with van der Waals surface area (Å²) in [5.41, 5.74) is 0.662. The zero-order valence-corrected chi connectivity index (χ0v) is 14.7. The molecule has 2 rings (SSSR count). The minimum atomic E-state index is -0.184. The van der Waals surface area contributed by atoms with Gasteiger partial charge >= 0.3 is 0 Å². The zero-order chi connectivity index (χ0) is 17.2. The van der Waals surface area contributed by atoms with Gasteiger partial charge < -0.3 is 16.0 Å². The number of hydrogen-bond acceptors (Lipinski definition) is 5. The fourth-order valence-electron chi connectivity index (χ4n) is 1.93. The molecule has 7 nitrogen and oxygen atoms in total. The lowest BCUT2D eigenvalue weighted by atomic mass is 10.4. The van der Waals surface area contributed by atoms with Crippen LogP contribution in [0.2, 0.25) is 0 Å². The maximum absolute atomic E-state index is 11.9. The Bertz CT molecular complexity index is 670. The third-order valence-electron chi connectivity index (χ3n) is 2.97. The first-order valence-electron chi connectivity index (χ1n) is 7.80. The Balaban J connectivity index is 1.79. The number of aliphatic imine (C=N–C) groups is 1. The second kappa shape index (κ2) is 9.61. The van der Waals surface area contributed by atoms with Gasteiger partial charge in [0.1, 0.15) is 6.54 Å². The number of carbonyl (C=O) groups excluding carboxylic acids is 1. The number of carbonyl (C=O) groups is 1. The van der Waals surface area contributed by atoms with Crippen LogP contribution in [0.5, 0.6) is 0 Å². The van der Waals surface area contributed by atoms with Crippen LogP contribution in [0.1, 0.15) is 16.8 Å². The molecule has 0 aliphatic heterocycles. The lowest BCUT2D eigenvalue weighted by Crippen LogP contribution is -2.39. The quantitative estimate of drug-likeness (QED) is 0.523. The summed E-state index contributed by atoms with van der Waals surface area (Å²) in [6, 6.07) is 3.55. The lowest BCUT2D eigenvalue weighted by molar-refractivity contribution is -0.114. The van der Waals surface area contributed by atoms with Gasteiger partial charge in [-0.15, -0.1) is 11.3 Å². The van der Waals surface area contributed by atoms with Gasteiger partial charge in [0, 0.05) is 36.8 Å². The van der Waals surface area contributed by atoms with Crippen molar-refractivity contribution in [3.8, 4) is 0 Å². The fraction of sp³-hybridized carbons (Fsp3) is 0.375. The first-order chi connectivity index (χ1) is 11.7. The molecule has 3 N–H and O–H groups in total. The molecule has 0 spiro atoms. The first-order valence-corrected chi connectivity index (χ1v) is 8.62. The van der Waals surface area contributed by atoms with Crippen molar-refractivity contribution in [2.24, 2.45) is 4.99 Å². The van der Waals surface area contributed by atoms with Crippen molar-refractivity contribution in [2.45, 2.75) is 20.3 Å². The van der Waals surface area contributed by atoms with Gasteiger partial charge in [-0.1, -0.05) is 0 Å². The highest BCUT2D eigenvalue weighted by atomic mass is 32.1. The minimum absolute atomic E-state index is 0.0422. The molecular weight excluding hydrogens is 324 g/mol. The van der Waals surface area contributed by atoms with Crippen LogP contribution in [0.3, 0.4) is 0 Å². The molecule has 0 fully saturated rings. The van der Waals surface area contributed by atoms with Crippen LogP contribution < -0.4 is 16.0 Å². The summed E-state index contributed by atoms with van der Waals surface area (Å²) < 4.78 is 0. The average molecular weight is 346 g/mol. The summed E-state index contributed by atoms with van der Waals surface area (Å²) in [4.78, 5) is 25.7. The Morgan fingerprint density at radius 2 is 2.21 bits per heavy atom. The number of rotatable bonds is 7. The smallest absolute Gasteiger partial charge is 0.246 e. The van der Waals surface area contributed by atoms with Crippen molar-refractivity contribution in [1.82, 2.24) is 20.6 Å². The molecule has 2 aromatic heterocycles. The third-order valence-corrected chi connectivity index (χ3v) is 3.94. The third kappa shape index (κ3) is 6.33. The van der Waals surface area contributed by atoms with E-state index in [4.69, 9.17) is 0 Å². The molecule has 0 unspecified atom stereocenters. The SMILES string of the molecule is CCNC(=NCC(=O)Nc1cccnc1)NCCc1ncc(C)s1. The normalized spacial score (nSPS) is 11.2. The summed E-state index contributed by atoms with van der Waals surface area (Å²) in [7, 11) is 0. The van der Waals surface area contributed by atoms with Gasteiger partial charge in [0.15, 0.2) is 5.96 Å². The van der Waals surface area contributed by atoms with E-state index in [1.54, 1.807) is 35.9 Å². The molecule has 2 aromatic rings. The van der Waals surface area contributed by atoms with Crippen LogP contribution >= 0.6 is 11.3 Å². The number of guanidine groups is 1. The number of anilines is 1.